The lowest BCUT2D eigenvalue weighted by Gasteiger charge is -2.32. The zero-order valence-corrected chi connectivity index (χ0v) is 22.2. The van der Waals surface area contributed by atoms with E-state index >= 15 is 0 Å². The van der Waals surface area contributed by atoms with Crippen LogP contribution in [0, 0.1) is 0 Å². The fourth-order valence-corrected chi connectivity index (χ4v) is 4.51. The first kappa shape index (κ1) is 29.7. The minimum atomic E-state index is -2.71. The van der Waals surface area contributed by atoms with E-state index in [-0.39, 0.29) is 0 Å². The Morgan fingerprint density at radius 3 is 1.10 bits per heavy atom. The highest BCUT2D eigenvalue weighted by molar-refractivity contribution is 5.91. The van der Waals surface area contributed by atoms with Crippen LogP contribution in [0.1, 0.15) is 77.0 Å². The fraction of sp³-hybridized carbons (Fsp3) is 0.571. The Kier molecular flexibility index (Phi) is 9.90. The lowest BCUT2D eigenvalue weighted by molar-refractivity contribution is -0.407. The van der Waals surface area contributed by atoms with Crippen LogP contribution >= 0.6 is 0 Å². The van der Waals surface area contributed by atoms with E-state index in [0.717, 1.165) is 51.4 Å². The Labute approximate surface area is 231 Å². The third-order valence-corrected chi connectivity index (χ3v) is 6.54. The zero-order valence-electron chi connectivity index (χ0n) is 22.2. The molecule has 0 aromatic heterocycles. The maximum atomic E-state index is 12.3. The van der Waals surface area contributed by atoms with E-state index in [2.05, 4.69) is 0 Å². The summed E-state index contributed by atoms with van der Waals surface area (Å²) in [4.78, 5) is 24.6. The van der Waals surface area contributed by atoms with E-state index in [9.17, 15) is 30.0 Å². The van der Waals surface area contributed by atoms with Gasteiger partial charge in [-0.2, -0.15) is 0 Å². The SMILES string of the molecule is O=C(/C=C\C(=O)OC(O)C(O)(OC1=CCCC1)OC1=CCCC1)OC(O)C(O)(OC1=CCCC1)OC1=CCCC1. The first-order valence-corrected chi connectivity index (χ1v) is 13.6. The van der Waals surface area contributed by atoms with Gasteiger partial charge in [-0.15, -0.1) is 0 Å². The van der Waals surface area contributed by atoms with Gasteiger partial charge in [0.15, 0.2) is 0 Å². The number of hydrogen-bond donors (Lipinski definition) is 4. The lowest BCUT2D eigenvalue weighted by Crippen LogP contribution is -2.49. The topological polar surface area (TPSA) is 170 Å². The number of ether oxygens (including phenoxy) is 6. The van der Waals surface area contributed by atoms with Crippen molar-refractivity contribution in [2.75, 3.05) is 0 Å². The molecule has 4 aliphatic carbocycles. The number of carbonyl (C=O) groups excluding carboxylic acids is 2. The van der Waals surface area contributed by atoms with Gasteiger partial charge in [0, 0.05) is 37.8 Å². The standard InChI is InChI=1S/C28H36O12/c29-23(35-25(31)27(33,37-19-9-1-2-10-19)38-20-11-3-4-12-20)17-18-24(30)36-26(32)28(34,39-21-13-5-6-14-21)40-22-15-7-8-16-22/h9,11,13,15,17-18,25-26,31-34H,1-8,10,12,14,16H2/b18-17-. The smallest absolute Gasteiger partial charge is 0.430 e. The van der Waals surface area contributed by atoms with Crippen molar-refractivity contribution in [2.24, 2.45) is 0 Å². The van der Waals surface area contributed by atoms with Crippen LogP contribution in [0.3, 0.4) is 0 Å². The van der Waals surface area contributed by atoms with Crippen molar-refractivity contribution in [3.63, 3.8) is 0 Å². The lowest BCUT2D eigenvalue weighted by atomic mass is 10.3. The Bertz CT molecular complexity index is 949. The second kappa shape index (κ2) is 13.4. The van der Waals surface area contributed by atoms with Gasteiger partial charge in [-0.1, -0.05) is 0 Å². The first-order chi connectivity index (χ1) is 19.1. The Balaban J connectivity index is 1.35. The molecule has 4 N–H and O–H groups in total. The van der Waals surface area contributed by atoms with E-state index in [1.807, 2.05) is 0 Å². The molecule has 0 aromatic rings. The Hall–Kier alpha value is -3.32. The van der Waals surface area contributed by atoms with E-state index in [1.54, 1.807) is 24.3 Å². The molecule has 0 saturated heterocycles. The molecular weight excluding hydrogens is 528 g/mol. The van der Waals surface area contributed by atoms with Crippen LogP contribution in [-0.4, -0.2) is 56.9 Å². The predicted molar refractivity (Wildman–Crippen MR) is 135 cm³/mol. The highest BCUT2D eigenvalue weighted by Crippen LogP contribution is 2.33. The summed E-state index contributed by atoms with van der Waals surface area (Å²) < 4.78 is 31.5. The highest BCUT2D eigenvalue weighted by Gasteiger charge is 2.47. The van der Waals surface area contributed by atoms with Crippen molar-refractivity contribution in [2.45, 2.75) is 102 Å². The Morgan fingerprint density at radius 1 is 0.600 bits per heavy atom. The molecule has 0 saturated carbocycles. The quantitative estimate of drug-likeness (QED) is 0.138. The molecule has 2 unspecified atom stereocenters. The Morgan fingerprint density at radius 2 is 0.875 bits per heavy atom. The zero-order chi connectivity index (χ0) is 28.6. The molecule has 12 heteroatoms. The van der Waals surface area contributed by atoms with Crippen LogP contribution in [0.15, 0.2) is 59.5 Å². The number of aliphatic hydroxyl groups is 4. The minimum absolute atomic E-state index is 0.378. The average Bonchev–Trinajstić information content (AvgIpc) is 3.72. The van der Waals surface area contributed by atoms with Crippen LogP contribution < -0.4 is 0 Å². The molecule has 0 aliphatic heterocycles. The third kappa shape index (κ3) is 8.10. The molecule has 12 nitrogen and oxygen atoms in total. The largest absolute Gasteiger partial charge is 0.435 e. The van der Waals surface area contributed by atoms with Crippen molar-refractivity contribution in [1.82, 2.24) is 0 Å². The van der Waals surface area contributed by atoms with E-state index in [0.29, 0.717) is 60.9 Å². The maximum absolute atomic E-state index is 12.3. The predicted octanol–water partition coefficient (Wildman–Crippen LogP) is 2.90. The van der Waals surface area contributed by atoms with E-state index in [4.69, 9.17) is 28.4 Å². The molecule has 0 heterocycles. The number of rotatable bonds is 14. The summed E-state index contributed by atoms with van der Waals surface area (Å²) in [5, 5.41) is 42.8. The summed E-state index contributed by atoms with van der Waals surface area (Å²) in [5.74, 6) is -6.40. The number of esters is 2. The maximum Gasteiger partial charge on any atom is 0.435 e. The number of aliphatic hydroxyl groups excluding tert-OH is 2. The molecule has 0 amide bonds. The monoisotopic (exact) mass is 564 g/mol. The summed E-state index contributed by atoms with van der Waals surface area (Å²) in [6, 6.07) is 0. The van der Waals surface area contributed by atoms with Crippen LogP contribution in [0.5, 0.6) is 0 Å². The molecule has 4 aliphatic rings. The molecule has 4 rings (SSSR count). The summed E-state index contributed by atoms with van der Waals surface area (Å²) in [6.07, 6.45) is 11.7. The highest BCUT2D eigenvalue weighted by atomic mass is 16.9. The second-order valence-corrected chi connectivity index (χ2v) is 9.83. The van der Waals surface area contributed by atoms with Crippen LogP contribution in [-0.2, 0) is 38.0 Å². The fourth-order valence-electron chi connectivity index (χ4n) is 4.51. The van der Waals surface area contributed by atoms with Crippen molar-refractivity contribution in [1.29, 1.82) is 0 Å². The van der Waals surface area contributed by atoms with Gasteiger partial charge < -0.3 is 48.8 Å². The van der Waals surface area contributed by atoms with Gasteiger partial charge in [-0.05, 0) is 75.7 Å². The van der Waals surface area contributed by atoms with Crippen molar-refractivity contribution >= 4 is 11.9 Å². The summed E-state index contributed by atoms with van der Waals surface area (Å²) in [7, 11) is 0. The van der Waals surface area contributed by atoms with Gasteiger partial charge in [0.25, 0.3) is 0 Å². The van der Waals surface area contributed by atoms with Gasteiger partial charge in [0.1, 0.15) is 0 Å². The van der Waals surface area contributed by atoms with Gasteiger partial charge >= 0.3 is 36.5 Å². The number of hydrogen-bond acceptors (Lipinski definition) is 12. The molecule has 0 radical (unpaired) electrons. The van der Waals surface area contributed by atoms with Crippen LogP contribution in [0.2, 0.25) is 0 Å². The normalized spacial score (nSPS) is 20.8. The van der Waals surface area contributed by atoms with Gasteiger partial charge in [0.05, 0.1) is 23.0 Å². The second-order valence-electron chi connectivity index (χ2n) is 9.83. The molecule has 0 fully saturated rings. The van der Waals surface area contributed by atoms with Gasteiger partial charge in [-0.25, -0.2) is 9.59 Å². The van der Waals surface area contributed by atoms with Crippen LogP contribution in [0.4, 0.5) is 0 Å². The summed E-state index contributed by atoms with van der Waals surface area (Å²) in [6.45, 7) is 0. The van der Waals surface area contributed by atoms with Gasteiger partial charge in [-0.3, -0.25) is 0 Å². The molecule has 220 valence electrons. The molecular formula is C28H36O12. The molecule has 0 spiro atoms. The van der Waals surface area contributed by atoms with Crippen molar-refractivity contribution < 1.29 is 58.4 Å². The molecule has 0 bridgehead atoms. The minimum Gasteiger partial charge on any atom is -0.430 e. The average molecular weight is 565 g/mol. The van der Waals surface area contributed by atoms with Gasteiger partial charge in [0.2, 0.25) is 0 Å². The van der Waals surface area contributed by atoms with E-state index in [1.165, 1.54) is 0 Å². The third-order valence-electron chi connectivity index (χ3n) is 6.54. The van der Waals surface area contributed by atoms with Crippen molar-refractivity contribution in [3.8, 4) is 0 Å². The molecule has 40 heavy (non-hydrogen) atoms. The summed E-state index contributed by atoms with van der Waals surface area (Å²) >= 11 is 0. The van der Waals surface area contributed by atoms with E-state index < -0.39 is 36.5 Å². The first-order valence-electron chi connectivity index (χ1n) is 13.6. The van der Waals surface area contributed by atoms with Crippen molar-refractivity contribution in [3.05, 3.63) is 59.5 Å². The summed E-state index contributed by atoms with van der Waals surface area (Å²) in [5.41, 5.74) is 0. The number of carbonyl (C=O) groups is 2. The molecule has 0 aromatic carbocycles. The number of allylic oxidation sites excluding steroid dienone is 8. The van der Waals surface area contributed by atoms with Crippen LogP contribution in [0.25, 0.3) is 0 Å². The molecule has 2 atom stereocenters.